The molecule has 1 heterocycles. The molecule has 1 saturated heterocycles. The van der Waals surface area contributed by atoms with Crippen molar-refractivity contribution in [3.8, 4) is 0 Å². The van der Waals surface area contributed by atoms with Gasteiger partial charge in [0.15, 0.2) is 0 Å². The maximum absolute atomic E-state index is 12.2. The van der Waals surface area contributed by atoms with Gasteiger partial charge < -0.3 is 15.1 Å². The molecule has 0 aromatic carbocycles. The second-order valence-electron chi connectivity index (χ2n) is 6.59. The average molecular weight is 269 g/mol. The predicted molar refractivity (Wildman–Crippen MR) is 80.2 cm³/mol. The summed E-state index contributed by atoms with van der Waals surface area (Å²) in [4.78, 5) is 16.3. The van der Waals surface area contributed by atoms with Crippen molar-refractivity contribution in [2.45, 2.75) is 39.2 Å². The Hall–Kier alpha value is -0.610. The summed E-state index contributed by atoms with van der Waals surface area (Å²) >= 11 is 0. The highest BCUT2D eigenvalue weighted by molar-refractivity contribution is 5.81. The van der Waals surface area contributed by atoms with Crippen molar-refractivity contribution >= 4 is 5.91 Å². The van der Waals surface area contributed by atoms with E-state index in [1.165, 1.54) is 19.4 Å². The molecule has 0 saturated carbocycles. The number of likely N-dealkylation sites (tertiary alicyclic amines) is 1. The lowest BCUT2D eigenvalue weighted by Crippen LogP contribution is -2.47. The number of hydrogen-bond donors (Lipinski definition) is 1. The van der Waals surface area contributed by atoms with Crippen molar-refractivity contribution in [1.82, 2.24) is 15.1 Å². The van der Waals surface area contributed by atoms with Crippen LogP contribution in [0.2, 0.25) is 0 Å². The fourth-order valence-electron chi connectivity index (χ4n) is 2.80. The summed E-state index contributed by atoms with van der Waals surface area (Å²) in [7, 11) is 5.86. The van der Waals surface area contributed by atoms with E-state index in [4.69, 9.17) is 0 Å². The number of piperidine rings is 1. The van der Waals surface area contributed by atoms with E-state index in [0.717, 1.165) is 19.5 Å². The third kappa shape index (κ3) is 5.91. The molecule has 4 heteroatoms. The van der Waals surface area contributed by atoms with Gasteiger partial charge in [0.1, 0.15) is 0 Å². The molecule has 2 unspecified atom stereocenters. The molecule has 0 aromatic rings. The van der Waals surface area contributed by atoms with Gasteiger partial charge in [0, 0.05) is 20.6 Å². The van der Waals surface area contributed by atoms with Crippen LogP contribution in [0.1, 0.15) is 33.1 Å². The lowest BCUT2D eigenvalue weighted by Gasteiger charge is -2.31. The molecule has 0 aliphatic carbocycles. The standard InChI is InChI=1S/C15H31N3O/c1-12(2)9-14(15(19)17(3)4)16-10-13-7-6-8-18(5)11-13/h12-14,16H,6-11H2,1-5H3. The molecule has 0 aromatic heterocycles. The van der Waals surface area contributed by atoms with Crippen LogP contribution in [0.25, 0.3) is 0 Å². The zero-order valence-corrected chi connectivity index (χ0v) is 13.3. The molecular formula is C15H31N3O. The van der Waals surface area contributed by atoms with E-state index >= 15 is 0 Å². The summed E-state index contributed by atoms with van der Waals surface area (Å²) in [6.45, 7) is 7.67. The van der Waals surface area contributed by atoms with E-state index in [2.05, 4.69) is 31.1 Å². The Morgan fingerprint density at radius 3 is 2.63 bits per heavy atom. The van der Waals surface area contributed by atoms with Gasteiger partial charge >= 0.3 is 0 Å². The first-order valence-corrected chi connectivity index (χ1v) is 7.53. The number of carbonyl (C=O) groups is 1. The van der Waals surface area contributed by atoms with Gasteiger partial charge in [-0.3, -0.25) is 4.79 Å². The van der Waals surface area contributed by atoms with Crippen molar-refractivity contribution in [2.75, 3.05) is 40.8 Å². The average Bonchev–Trinajstić information content (AvgIpc) is 2.33. The number of rotatable bonds is 6. The minimum Gasteiger partial charge on any atom is -0.347 e. The number of nitrogens with one attached hydrogen (secondary N) is 1. The maximum Gasteiger partial charge on any atom is 0.239 e. The van der Waals surface area contributed by atoms with Crippen LogP contribution >= 0.6 is 0 Å². The van der Waals surface area contributed by atoms with Crippen molar-refractivity contribution < 1.29 is 4.79 Å². The smallest absolute Gasteiger partial charge is 0.239 e. The largest absolute Gasteiger partial charge is 0.347 e. The van der Waals surface area contributed by atoms with Gasteiger partial charge in [0.2, 0.25) is 5.91 Å². The molecule has 1 amide bonds. The van der Waals surface area contributed by atoms with Gasteiger partial charge in [0.05, 0.1) is 6.04 Å². The third-order valence-corrected chi connectivity index (χ3v) is 3.82. The van der Waals surface area contributed by atoms with Gasteiger partial charge in [-0.1, -0.05) is 13.8 Å². The van der Waals surface area contributed by atoms with Crippen molar-refractivity contribution in [3.05, 3.63) is 0 Å². The van der Waals surface area contributed by atoms with Crippen LogP contribution in [0.5, 0.6) is 0 Å². The van der Waals surface area contributed by atoms with E-state index < -0.39 is 0 Å². The van der Waals surface area contributed by atoms with E-state index in [9.17, 15) is 4.79 Å². The Morgan fingerprint density at radius 2 is 2.11 bits per heavy atom. The van der Waals surface area contributed by atoms with Crippen molar-refractivity contribution in [1.29, 1.82) is 0 Å². The monoisotopic (exact) mass is 269 g/mol. The van der Waals surface area contributed by atoms with Crippen molar-refractivity contribution in [2.24, 2.45) is 11.8 Å². The minimum absolute atomic E-state index is 0.0257. The highest BCUT2D eigenvalue weighted by atomic mass is 16.2. The van der Waals surface area contributed by atoms with Gasteiger partial charge in [-0.2, -0.15) is 0 Å². The van der Waals surface area contributed by atoms with Gasteiger partial charge in [-0.05, 0) is 51.2 Å². The number of carbonyl (C=O) groups excluding carboxylic acids is 1. The van der Waals surface area contributed by atoms with Crippen LogP contribution in [0, 0.1) is 11.8 Å². The fraction of sp³-hybridized carbons (Fsp3) is 0.933. The summed E-state index contributed by atoms with van der Waals surface area (Å²) in [5, 5.41) is 3.50. The zero-order chi connectivity index (χ0) is 14.4. The van der Waals surface area contributed by atoms with Crippen LogP contribution in [-0.2, 0) is 4.79 Å². The van der Waals surface area contributed by atoms with Gasteiger partial charge in [0.25, 0.3) is 0 Å². The van der Waals surface area contributed by atoms with Crippen LogP contribution in [0.3, 0.4) is 0 Å². The SMILES string of the molecule is CC(C)CC(NCC1CCCN(C)C1)C(=O)N(C)C. The van der Waals surface area contributed by atoms with Crippen LogP contribution < -0.4 is 5.32 Å². The Labute approximate surface area is 118 Å². The Bertz CT molecular complexity index is 279. The van der Waals surface area contributed by atoms with E-state index in [1.54, 1.807) is 4.90 Å². The van der Waals surface area contributed by atoms with E-state index in [1.807, 2.05) is 14.1 Å². The molecule has 1 aliphatic rings. The fourth-order valence-corrected chi connectivity index (χ4v) is 2.80. The number of amides is 1. The molecule has 0 radical (unpaired) electrons. The topological polar surface area (TPSA) is 35.6 Å². The molecular weight excluding hydrogens is 238 g/mol. The third-order valence-electron chi connectivity index (χ3n) is 3.82. The molecule has 1 rings (SSSR count). The quantitative estimate of drug-likeness (QED) is 0.792. The minimum atomic E-state index is -0.0257. The number of hydrogen-bond acceptors (Lipinski definition) is 3. The summed E-state index contributed by atoms with van der Waals surface area (Å²) in [6.07, 6.45) is 3.47. The summed E-state index contributed by atoms with van der Waals surface area (Å²) in [5.41, 5.74) is 0. The number of likely N-dealkylation sites (N-methyl/N-ethyl adjacent to an activating group) is 1. The molecule has 0 bridgehead atoms. The molecule has 112 valence electrons. The van der Waals surface area contributed by atoms with E-state index in [0.29, 0.717) is 11.8 Å². The highest BCUT2D eigenvalue weighted by Crippen LogP contribution is 2.15. The Kier molecular flexibility index (Phi) is 6.80. The summed E-state index contributed by atoms with van der Waals surface area (Å²) in [6, 6.07) is -0.0257. The lowest BCUT2D eigenvalue weighted by atomic mass is 9.97. The first kappa shape index (κ1) is 16.4. The Balaban J connectivity index is 2.45. The highest BCUT2D eigenvalue weighted by Gasteiger charge is 2.23. The molecule has 4 nitrogen and oxygen atoms in total. The maximum atomic E-state index is 12.2. The normalized spacial score (nSPS) is 22.5. The van der Waals surface area contributed by atoms with Gasteiger partial charge in [-0.15, -0.1) is 0 Å². The Morgan fingerprint density at radius 1 is 1.42 bits per heavy atom. The molecule has 2 atom stereocenters. The second kappa shape index (κ2) is 7.85. The molecule has 0 spiro atoms. The lowest BCUT2D eigenvalue weighted by molar-refractivity contribution is -0.131. The molecule has 1 N–H and O–H groups in total. The van der Waals surface area contributed by atoms with Crippen LogP contribution in [0.4, 0.5) is 0 Å². The molecule has 1 aliphatic heterocycles. The summed E-state index contributed by atoms with van der Waals surface area (Å²) in [5.74, 6) is 1.43. The number of nitrogens with zero attached hydrogens (tertiary/aromatic N) is 2. The molecule has 19 heavy (non-hydrogen) atoms. The van der Waals surface area contributed by atoms with Crippen molar-refractivity contribution in [3.63, 3.8) is 0 Å². The second-order valence-corrected chi connectivity index (χ2v) is 6.59. The van der Waals surface area contributed by atoms with Crippen LogP contribution in [0.15, 0.2) is 0 Å². The first-order chi connectivity index (χ1) is 8.90. The summed E-state index contributed by atoms with van der Waals surface area (Å²) < 4.78 is 0. The molecule has 1 fully saturated rings. The van der Waals surface area contributed by atoms with Crippen LogP contribution in [-0.4, -0.2) is 62.5 Å². The van der Waals surface area contributed by atoms with Gasteiger partial charge in [-0.25, -0.2) is 0 Å². The first-order valence-electron chi connectivity index (χ1n) is 7.53. The van der Waals surface area contributed by atoms with E-state index in [-0.39, 0.29) is 11.9 Å². The predicted octanol–water partition coefficient (Wildman–Crippen LogP) is 1.42. The zero-order valence-electron chi connectivity index (χ0n) is 13.3.